The number of methoxy groups -OCH3 is 1. The Kier molecular flexibility index (Phi) is 3.31. The van der Waals surface area contributed by atoms with Crippen LogP contribution in [0.2, 0.25) is 0 Å². The van der Waals surface area contributed by atoms with E-state index in [1.807, 2.05) is 42.5 Å². The first-order valence-corrected chi connectivity index (χ1v) is 6.96. The summed E-state index contributed by atoms with van der Waals surface area (Å²) in [7, 11) is 1.65. The molecule has 2 nitrogen and oxygen atoms in total. The highest BCUT2D eigenvalue weighted by Gasteiger charge is 2.50. The fourth-order valence-electron chi connectivity index (χ4n) is 2.75. The van der Waals surface area contributed by atoms with Crippen molar-refractivity contribution in [2.75, 3.05) is 7.11 Å². The second-order valence-corrected chi connectivity index (χ2v) is 5.40. The number of hydrogen-bond donors (Lipinski definition) is 0. The average molecular weight is 266 g/mol. The van der Waals surface area contributed by atoms with Crippen LogP contribution in [0.3, 0.4) is 0 Å². The molecule has 0 atom stereocenters. The first-order chi connectivity index (χ1) is 9.74. The minimum Gasteiger partial charge on any atom is -0.497 e. The third-order valence-corrected chi connectivity index (χ3v) is 4.11. The molecular formula is C18H18O2. The van der Waals surface area contributed by atoms with Gasteiger partial charge in [-0.1, -0.05) is 42.5 Å². The van der Waals surface area contributed by atoms with Gasteiger partial charge < -0.3 is 4.74 Å². The lowest BCUT2D eigenvalue weighted by Gasteiger charge is -2.14. The Morgan fingerprint density at radius 2 is 1.85 bits per heavy atom. The van der Waals surface area contributed by atoms with Crippen LogP contribution in [0, 0.1) is 0 Å². The number of carbonyl (C=O) groups is 1. The zero-order valence-corrected chi connectivity index (χ0v) is 11.6. The topological polar surface area (TPSA) is 26.3 Å². The lowest BCUT2D eigenvalue weighted by atomic mass is 9.88. The lowest BCUT2D eigenvalue weighted by Crippen LogP contribution is -2.22. The number of ketones is 1. The standard InChI is InChI=1S/C18H18O2/c1-20-16-9-5-6-14(12-16)13-17(19)18(10-11-18)15-7-3-2-4-8-15/h2-9,12H,10-11,13H2,1H3. The zero-order valence-electron chi connectivity index (χ0n) is 11.6. The van der Waals surface area contributed by atoms with E-state index in [0.717, 1.165) is 29.7 Å². The zero-order chi connectivity index (χ0) is 14.0. The Hall–Kier alpha value is -2.09. The molecule has 0 aromatic heterocycles. The van der Waals surface area contributed by atoms with Gasteiger partial charge in [0.2, 0.25) is 0 Å². The molecule has 0 radical (unpaired) electrons. The minimum atomic E-state index is -0.232. The van der Waals surface area contributed by atoms with Crippen molar-refractivity contribution in [1.29, 1.82) is 0 Å². The van der Waals surface area contributed by atoms with Gasteiger partial charge in [-0.25, -0.2) is 0 Å². The predicted octanol–water partition coefficient (Wildman–Crippen LogP) is 3.54. The lowest BCUT2D eigenvalue weighted by molar-refractivity contribution is -0.120. The first kappa shape index (κ1) is 12.9. The molecule has 0 unspecified atom stereocenters. The van der Waals surface area contributed by atoms with Gasteiger partial charge in [0.05, 0.1) is 12.5 Å². The van der Waals surface area contributed by atoms with Crippen molar-refractivity contribution in [2.45, 2.75) is 24.7 Å². The average Bonchev–Trinajstić information content (AvgIpc) is 3.30. The van der Waals surface area contributed by atoms with Crippen molar-refractivity contribution in [3.05, 3.63) is 65.7 Å². The van der Waals surface area contributed by atoms with Crippen LogP contribution >= 0.6 is 0 Å². The summed E-state index contributed by atoms with van der Waals surface area (Å²) < 4.78 is 5.21. The van der Waals surface area contributed by atoms with Crippen LogP contribution < -0.4 is 4.74 Å². The van der Waals surface area contributed by atoms with E-state index in [1.165, 1.54) is 0 Å². The molecule has 2 aromatic rings. The molecule has 1 aliphatic rings. The van der Waals surface area contributed by atoms with E-state index < -0.39 is 0 Å². The normalized spacial score (nSPS) is 15.7. The maximum absolute atomic E-state index is 12.7. The van der Waals surface area contributed by atoms with E-state index in [0.29, 0.717) is 12.2 Å². The largest absolute Gasteiger partial charge is 0.497 e. The van der Waals surface area contributed by atoms with Crippen molar-refractivity contribution >= 4 is 5.78 Å². The number of hydrogen-bond acceptors (Lipinski definition) is 2. The van der Waals surface area contributed by atoms with E-state index in [2.05, 4.69) is 12.1 Å². The summed E-state index contributed by atoms with van der Waals surface area (Å²) >= 11 is 0. The summed E-state index contributed by atoms with van der Waals surface area (Å²) in [5.74, 6) is 1.12. The van der Waals surface area contributed by atoms with Crippen LogP contribution in [0.1, 0.15) is 24.0 Å². The van der Waals surface area contributed by atoms with Crippen molar-refractivity contribution in [3.8, 4) is 5.75 Å². The Balaban J connectivity index is 1.80. The summed E-state index contributed by atoms with van der Waals surface area (Å²) in [5, 5.41) is 0. The Morgan fingerprint density at radius 3 is 2.50 bits per heavy atom. The molecule has 0 N–H and O–H groups in total. The summed E-state index contributed by atoms with van der Waals surface area (Å²) in [5.41, 5.74) is 1.95. The summed E-state index contributed by atoms with van der Waals surface area (Å²) in [6, 6.07) is 17.9. The molecule has 2 heteroatoms. The highest BCUT2D eigenvalue weighted by molar-refractivity contribution is 5.94. The third kappa shape index (κ3) is 2.34. The van der Waals surface area contributed by atoms with Crippen molar-refractivity contribution < 1.29 is 9.53 Å². The van der Waals surface area contributed by atoms with Crippen molar-refractivity contribution in [1.82, 2.24) is 0 Å². The number of benzene rings is 2. The quantitative estimate of drug-likeness (QED) is 0.827. The number of carbonyl (C=O) groups excluding carboxylic acids is 1. The van der Waals surface area contributed by atoms with Crippen LogP contribution in [0.4, 0.5) is 0 Å². The smallest absolute Gasteiger partial charge is 0.147 e. The van der Waals surface area contributed by atoms with Gasteiger partial charge in [-0.15, -0.1) is 0 Å². The molecule has 20 heavy (non-hydrogen) atoms. The SMILES string of the molecule is COc1cccc(CC(=O)C2(c3ccccc3)CC2)c1. The molecule has 2 aromatic carbocycles. The van der Waals surface area contributed by atoms with E-state index in [1.54, 1.807) is 7.11 Å². The van der Waals surface area contributed by atoms with E-state index >= 15 is 0 Å². The van der Waals surface area contributed by atoms with Gasteiger partial charge >= 0.3 is 0 Å². The highest BCUT2D eigenvalue weighted by Crippen LogP contribution is 2.49. The molecule has 0 bridgehead atoms. The van der Waals surface area contributed by atoms with Gasteiger partial charge in [-0.3, -0.25) is 4.79 Å². The van der Waals surface area contributed by atoms with Gasteiger partial charge in [-0.2, -0.15) is 0 Å². The van der Waals surface area contributed by atoms with E-state index in [4.69, 9.17) is 4.74 Å². The second kappa shape index (κ2) is 5.12. The minimum absolute atomic E-state index is 0.232. The van der Waals surface area contributed by atoms with E-state index in [9.17, 15) is 4.79 Å². The highest BCUT2D eigenvalue weighted by atomic mass is 16.5. The number of Topliss-reactive ketones (excluding diaryl/α,β-unsaturated/α-hetero) is 1. The van der Waals surface area contributed by atoms with Crippen LogP contribution in [0.25, 0.3) is 0 Å². The summed E-state index contributed by atoms with van der Waals surface area (Å²) in [4.78, 5) is 12.7. The molecule has 0 saturated heterocycles. The van der Waals surface area contributed by atoms with Crippen LogP contribution in [0.15, 0.2) is 54.6 Å². The molecule has 1 fully saturated rings. The van der Waals surface area contributed by atoms with Crippen molar-refractivity contribution in [2.24, 2.45) is 0 Å². The van der Waals surface area contributed by atoms with Gasteiger partial charge in [0.1, 0.15) is 11.5 Å². The van der Waals surface area contributed by atoms with Gasteiger partial charge in [0.15, 0.2) is 0 Å². The van der Waals surface area contributed by atoms with Gasteiger partial charge in [0.25, 0.3) is 0 Å². The Bertz CT molecular complexity index is 612. The van der Waals surface area contributed by atoms with Crippen LogP contribution in [0.5, 0.6) is 5.75 Å². The first-order valence-electron chi connectivity index (χ1n) is 6.96. The van der Waals surface area contributed by atoms with Crippen LogP contribution in [-0.4, -0.2) is 12.9 Å². The van der Waals surface area contributed by atoms with Crippen LogP contribution in [-0.2, 0) is 16.6 Å². The van der Waals surface area contributed by atoms with Gasteiger partial charge in [-0.05, 0) is 36.1 Å². The second-order valence-electron chi connectivity index (χ2n) is 5.40. The molecule has 1 aliphatic carbocycles. The molecule has 0 aliphatic heterocycles. The molecule has 0 amide bonds. The summed E-state index contributed by atoms with van der Waals surface area (Å²) in [6.45, 7) is 0. The number of ether oxygens (including phenoxy) is 1. The summed E-state index contributed by atoms with van der Waals surface area (Å²) in [6.07, 6.45) is 2.42. The molecule has 1 saturated carbocycles. The molecule has 0 heterocycles. The molecule has 3 rings (SSSR count). The Morgan fingerprint density at radius 1 is 1.10 bits per heavy atom. The molecule has 0 spiro atoms. The maximum atomic E-state index is 12.7. The monoisotopic (exact) mass is 266 g/mol. The fourth-order valence-corrected chi connectivity index (χ4v) is 2.75. The van der Waals surface area contributed by atoms with E-state index in [-0.39, 0.29) is 5.41 Å². The predicted molar refractivity (Wildman–Crippen MR) is 79.1 cm³/mol. The fraction of sp³-hybridized carbons (Fsp3) is 0.278. The molecule has 102 valence electrons. The van der Waals surface area contributed by atoms with Crippen molar-refractivity contribution in [3.63, 3.8) is 0 Å². The Labute approximate surface area is 119 Å². The molecular weight excluding hydrogens is 248 g/mol. The third-order valence-electron chi connectivity index (χ3n) is 4.11. The van der Waals surface area contributed by atoms with Gasteiger partial charge in [0, 0.05) is 6.42 Å². The maximum Gasteiger partial charge on any atom is 0.147 e. The number of rotatable bonds is 5.